The van der Waals surface area contributed by atoms with Gasteiger partial charge in [0, 0.05) is 18.1 Å². The van der Waals surface area contributed by atoms with E-state index in [0.717, 1.165) is 4.47 Å². The first-order valence-corrected chi connectivity index (χ1v) is 4.82. The molecule has 60 valence electrons. The average molecular weight is 235 g/mol. The van der Waals surface area contributed by atoms with Crippen LogP contribution in [0.1, 0.15) is 0 Å². The van der Waals surface area contributed by atoms with Crippen molar-refractivity contribution in [2.75, 3.05) is 12.4 Å². The predicted octanol–water partition coefficient (Wildman–Crippen LogP) is 1.32. The lowest BCUT2D eigenvalue weighted by Crippen LogP contribution is -1.89. The van der Waals surface area contributed by atoms with Gasteiger partial charge in [-0.1, -0.05) is 11.8 Å². The highest BCUT2D eigenvalue weighted by Gasteiger charge is 1.94. The standard InChI is InChI=1S/C6H7BrN2OS/c7-5-3-8-6(9-4-5)11-2-1-10/h3-4,10H,1-2H2. The van der Waals surface area contributed by atoms with Gasteiger partial charge in [-0.2, -0.15) is 0 Å². The van der Waals surface area contributed by atoms with E-state index >= 15 is 0 Å². The quantitative estimate of drug-likeness (QED) is 0.634. The molecule has 1 heterocycles. The minimum atomic E-state index is 0.157. The van der Waals surface area contributed by atoms with E-state index in [1.54, 1.807) is 12.4 Å². The number of aliphatic hydroxyl groups is 1. The van der Waals surface area contributed by atoms with Gasteiger partial charge in [-0.05, 0) is 15.9 Å². The molecule has 0 aromatic carbocycles. The summed E-state index contributed by atoms with van der Waals surface area (Å²) in [7, 11) is 0. The summed E-state index contributed by atoms with van der Waals surface area (Å²) in [5.41, 5.74) is 0. The van der Waals surface area contributed by atoms with E-state index in [0.29, 0.717) is 10.9 Å². The van der Waals surface area contributed by atoms with Crippen molar-refractivity contribution in [2.45, 2.75) is 5.16 Å². The highest BCUT2D eigenvalue weighted by atomic mass is 79.9. The van der Waals surface area contributed by atoms with E-state index in [9.17, 15) is 0 Å². The molecule has 0 aliphatic rings. The van der Waals surface area contributed by atoms with Crippen LogP contribution in [0.3, 0.4) is 0 Å². The van der Waals surface area contributed by atoms with Gasteiger partial charge in [-0.25, -0.2) is 9.97 Å². The van der Waals surface area contributed by atoms with E-state index in [1.807, 2.05) is 0 Å². The van der Waals surface area contributed by atoms with Gasteiger partial charge in [-0.3, -0.25) is 0 Å². The molecule has 1 rings (SSSR count). The molecule has 0 saturated heterocycles. The van der Waals surface area contributed by atoms with Gasteiger partial charge in [0.2, 0.25) is 0 Å². The van der Waals surface area contributed by atoms with Crippen molar-refractivity contribution in [1.29, 1.82) is 0 Å². The Morgan fingerprint density at radius 3 is 2.64 bits per heavy atom. The second kappa shape index (κ2) is 4.69. The lowest BCUT2D eigenvalue weighted by atomic mass is 10.7. The lowest BCUT2D eigenvalue weighted by Gasteiger charge is -1.95. The second-order valence-electron chi connectivity index (χ2n) is 1.76. The maximum Gasteiger partial charge on any atom is 0.187 e. The van der Waals surface area contributed by atoms with Gasteiger partial charge in [0.1, 0.15) is 0 Å². The van der Waals surface area contributed by atoms with Crippen LogP contribution in [0.5, 0.6) is 0 Å². The second-order valence-corrected chi connectivity index (χ2v) is 3.73. The Balaban J connectivity index is 2.52. The molecule has 1 aromatic rings. The van der Waals surface area contributed by atoms with E-state index in [2.05, 4.69) is 25.9 Å². The number of hydrogen-bond acceptors (Lipinski definition) is 4. The van der Waals surface area contributed by atoms with Crippen LogP contribution in [0.4, 0.5) is 0 Å². The maximum atomic E-state index is 8.50. The monoisotopic (exact) mass is 234 g/mol. The van der Waals surface area contributed by atoms with Crippen LogP contribution in [0.2, 0.25) is 0 Å². The molecule has 1 aromatic heterocycles. The molecule has 0 spiro atoms. The van der Waals surface area contributed by atoms with Crippen LogP contribution in [0, 0.1) is 0 Å². The van der Waals surface area contributed by atoms with Gasteiger partial charge in [0.05, 0.1) is 11.1 Å². The number of nitrogens with zero attached hydrogens (tertiary/aromatic N) is 2. The van der Waals surface area contributed by atoms with Crippen molar-refractivity contribution < 1.29 is 5.11 Å². The zero-order valence-corrected chi connectivity index (χ0v) is 8.10. The van der Waals surface area contributed by atoms with Crippen LogP contribution in [-0.2, 0) is 0 Å². The molecule has 0 saturated carbocycles. The van der Waals surface area contributed by atoms with Crippen LogP contribution < -0.4 is 0 Å². The maximum absolute atomic E-state index is 8.50. The predicted molar refractivity (Wildman–Crippen MR) is 47.5 cm³/mol. The summed E-state index contributed by atoms with van der Waals surface area (Å²) in [5, 5.41) is 9.19. The fraction of sp³-hybridized carbons (Fsp3) is 0.333. The molecule has 0 amide bonds. The fourth-order valence-electron chi connectivity index (χ4n) is 0.512. The molecule has 0 bridgehead atoms. The first-order valence-electron chi connectivity index (χ1n) is 3.04. The van der Waals surface area contributed by atoms with Gasteiger partial charge in [-0.15, -0.1) is 0 Å². The van der Waals surface area contributed by atoms with Crippen molar-refractivity contribution >= 4 is 27.7 Å². The highest BCUT2D eigenvalue weighted by molar-refractivity contribution is 9.10. The average Bonchev–Trinajstić information content (AvgIpc) is 2.04. The first-order chi connectivity index (χ1) is 5.33. The van der Waals surface area contributed by atoms with Crippen molar-refractivity contribution in [1.82, 2.24) is 9.97 Å². The third-order valence-corrected chi connectivity index (χ3v) is 2.18. The zero-order chi connectivity index (χ0) is 8.10. The molecule has 0 aliphatic carbocycles. The lowest BCUT2D eigenvalue weighted by molar-refractivity contribution is 0.322. The Morgan fingerprint density at radius 1 is 1.45 bits per heavy atom. The molecular formula is C6H7BrN2OS. The largest absolute Gasteiger partial charge is 0.396 e. The van der Waals surface area contributed by atoms with Crippen molar-refractivity contribution in [2.24, 2.45) is 0 Å². The van der Waals surface area contributed by atoms with Gasteiger partial charge in [0.15, 0.2) is 5.16 Å². The van der Waals surface area contributed by atoms with Gasteiger partial charge >= 0.3 is 0 Å². The number of aromatic nitrogens is 2. The molecule has 0 unspecified atom stereocenters. The molecular weight excluding hydrogens is 228 g/mol. The van der Waals surface area contributed by atoms with E-state index in [-0.39, 0.29) is 6.61 Å². The van der Waals surface area contributed by atoms with E-state index in [1.165, 1.54) is 11.8 Å². The molecule has 3 nitrogen and oxygen atoms in total. The highest BCUT2D eigenvalue weighted by Crippen LogP contribution is 2.13. The third-order valence-electron chi connectivity index (χ3n) is 0.919. The Kier molecular flexibility index (Phi) is 3.82. The Labute approximate surface area is 77.4 Å². The molecule has 0 aliphatic heterocycles. The molecule has 5 heteroatoms. The topological polar surface area (TPSA) is 46.0 Å². The minimum Gasteiger partial charge on any atom is -0.396 e. The summed E-state index contributed by atoms with van der Waals surface area (Å²) in [4.78, 5) is 8.02. The van der Waals surface area contributed by atoms with Gasteiger partial charge < -0.3 is 5.11 Å². The van der Waals surface area contributed by atoms with Crippen LogP contribution in [-0.4, -0.2) is 27.4 Å². The van der Waals surface area contributed by atoms with Crippen molar-refractivity contribution in [3.8, 4) is 0 Å². The normalized spacial score (nSPS) is 10.0. The summed E-state index contributed by atoms with van der Waals surface area (Å²) >= 11 is 4.67. The number of aliphatic hydroxyl groups excluding tert-OH is 1. The molecule has 0 fully saturated rings. The van der Waals surface area contributed by atoms with Crippen LogP contribution >= 0.6 is 27.7 Å². The Bertz CT molecular complexity index is 216. The van der Waals surface area contributed by atoms with Crippen molar-refractivity contribution in [3.63, 3.8) is 0 Å². The van der Waals surface area contributed by atoms with E-state index in [4.69, 9.17) is 5.11 Å². The van der Waals surface area contributed by atoms with E-state index < -0.39 is 0 Å². The molecule has 11 heavy (non-hydrogen) atoms. The van der Waals surface area contributed by atoms with Crippen molar-refractivity contribution in [3.05, 3.63) is 16.9 Å². The van der Waals surface area contributed by atoms with Crippen LogP contribution in [0.25, 0.3) is 0 Å². The number of thioether (sulfide) groups is 1. The Hall–Kier alpha value is -0.130. The number of hydrogen-bond donors (Lipinski definition) is 1. The summed E-state index contributed by atoms with van der Waals surface area (Å²) < 4.78 is 0.867. The fourth-order valence-corrected chi connectivity index (χ4v) is 1.24. The van der Waals surface area contributed by atoms with Crippen LogP contribution in [0.15, 0.2) is 22.0 Å². The number of halogens is 1. The Morgan fingerprint density at radius 2 is 2.09 bits per heavy atom. The smallest absolute Gasteiger partial charge is 0.187 e. The summed E-state index contributed by atoms with van der Waals surface area (Å²) in [6, 6.07) is 0. The molecule has 1 N–H and O–H groups in total. The summed E-state index contributed by atoms with van der Waals surface area (Å²) in [5.74, 6) is 0.641. The minimum absolute atomic E-state index is 0.157. The zero-order valence-electron chi connectivity index (χ0n) is 5.70. The first kappa shape index (κ1) is 8.96. The third kappa shape index (κ3) is 3.18. The van der Waals surface area contributed by atoms with Gasteiger partial charge in [0.25, 0.3) is 0 Å². The SMILES string of the molecule is OCCSc1ncc(Br)cn1. The summed E-state index contributed by atoms with van der Waals surface area (Å²) in [6.07, 6.45) is 3.37. The summed E-state index contributed by atoms with van der Waals surface area (Å²) in [6.45, 7) is 0.157. The number of rotatable bonds is 3. The molecule has 0 radical (unpaired) electrons. The molecule has 0 atom stereocenters.